The van der Waals surface area contributed by atoms with E-state index in [1.807, 2.05) is 11.8 Å². The van der Waals surface area contributed by atoms with E-state index in [2.05, 4.69) is 27.7 Å². The van der Waals surface area contributed by atoms with Gasteiger partial charge in [0.05, 0.1) is 0 Å². The molecule has 0 aliphatic carbocycles. The van der Waals surface area contributed by atoms with E-state index in [4.69, 9.17) is 0 Å². The highest BCUT2D eigenvalue weighted by molar-refractivity contribution is 8.13. The molecule has 0 aromatic rings. The third kappa shape index (κ3) is 3.91. The molecule has 2 atom stereocenters. The third-order valence-corrected chi connectivity index (χ3v) is 3.36. The molecule has 0 N–H and O–H groups in total. The van der Waals surface area contributed by atoms with Crippen LogP contribution in [-0.4, -0.2) is 28.0 Å². The summed E-state index contributed by atoms with van der Waals surface area (Å²) < 4.78 is 0. The Morgan fingerprint density at radius 2 is 1.57 bits per heavy atom. The second-order valence-electron chi connectivity index (χ2n) is 3.62. The van der Waals surface area contributed by atoms with Crippen molar-refractivity contribution in [1.82, 2.24) is 4.90 Å². The molecule has 0 aromatic carbocycles. The first kappa shape index (κ1) is 13.8. The second-order valence-corrected chi connectivity index (χ2v) is 4.84. The van der Waals surface area contributed by atoms with Crippen LogP contribution in [0.15, 0.2) is 0 Å². The second kappa shape index (κ2) is 7.16. The number of carbonyl (C=O) groups excluding carboxylic acids is 1. The van der Waals surface area contributed by atoms with Crippen LogP contribution in [0.4, 0.5) is 4.79 Å². The van der Waals surface area contributed by atoms with Crippen molar-refractivity contribution in [2.45, 2.75) is 59.5 Å². The monoisotopic (exact) mass is 217 g/mol. The Labute approximate surface area is 92.4 Å². The molecule has 0 heterocycles. The van der Waals surface area contributed by atoms with Crippen LogP contribution in [0, 0.1) is 0 Å². The molecule has 0 aromatic heterocycles. The lowest BCUT2D eigenvalue weighted by Crippen LogP contribution is -2.42. The number of carbonyl (C=O) groups is 1. The van der Waals surface area contributed by atoms with Gasteiger partial charge in [-0.25, -0.2) is 0 Å². The molecule has 0 saturated carbocycles. The maximum absolute atomic E-state index is 11.8. The van der Waals surface area contributed by atoms with Crippen LogP contribution in [-0.2, 0) is 0 Å². The first-order valence-electron chi connectivity index (χ1n) is 5.53. The van der Waals surface area contributed by atoms with Crippen molar-refractivity contribution in [3.63, 3.8) is 0 Å². The topological polar surface area (TPSA) is 20.3 Å². The Morgan fingerprint density at radius 1 is 1.14 bits per heavy atom. The molecule has 14 heavy (non-hydrogen) atoms. The van der Waals surface area contributed by atoms with Crippen molar-refractivity contribution in [3.8, 4) is 0 Å². The highest BCUT2D eigenvalue weighted by Gasteiger charge is 2.22. The number of hydrogen-bond donors (Lipinski definition) is 0. The van der Waals surface area contributed by atoms with Gasteiger partial charge in [0.1, 0.15) is 0 Å². The van der Waals surface area contributed by atoms with E-state index < -0.39 is 0 Å². The maximum Gasteiger partial charge on any atom is 0.282 e. The van der Waals surface area contributed by atoms with Crippen LogP contribution in [0.3, 0.4) is 0 Å². The van der Waals surface area contributed by atoms with Crippen LogP contribution in [0.1, 0.15) is 47.5 Å². The molecule has 84 valence electrons. The SMILES string of the molecule is CCSC(=O)N(C(C)CC)C(C)CC. The van der Waals surface area contributed by atoms with E-state index in [1.165, 1.54) is 11.8 Å². The minimum Gasteiger partial charge on any atom is -0.328 e. The quantitative estimate of drug-likeness (QED) is 0.699. The average molecular weight is 217 g/mol. The van der Waals surface area contributed by atoms with Gasteiger partial charge in [0.2, 0.25) is 0 Å². The molecule has 1 amide bonds. The highest BCUT2D eigenvalue weighted by atomic mass is 32.2. The van der Waals surface area contributed by atoms with Gasteiger partial charge < -0.3 is 4.90 Å². The molecule has 2 unspecified atom stereocenters. The lowest BCUT2D eigenvalue weighted by atomic mass is 10.1. The minimum atomic E-state index is 0.233. The Kier molecular flexibility index (Phi) is 7.06. The molecular formula is C11H23NOS. The van der Waals surface area contributed by atoms with Crippen molar-refractivity contribution < 1.29 is 4.79 Å². The number of nitrogens with zero attached hydrogens (tertiary/aromatic N) is 1. The van der Waals surface area contributed by atoms with Crippen LogP contribution in [0.5, 0.6) is 0 Å². The highest BCUT2D eigenvalue weighted by Crippen LogP contribution is 2.18. The van der Waals surface area contributed by atoms with Gasteiger partial charge in [0.15, 0.2) is 0 Å². The molecular weight excluding hydrogens is 194 g/mol. The van der Waals surface area contributed by atoms with Gasteiger partial charge in [-0.3, -0.25) is 4.79 Å². The minimum absolute atomic E-state index is 0.233. The van der Waals surface area contributed by atoms with Crippen LogP contribution in [0.2, 0.25) is 0 Å². The predicted molar refractivity (Wildman–Crippen MR) is 64.9 cm³/mol. The van der Waals surface area contributed by atoms with Crippen LogP contribution < -0.4 is 0 Å². The summed E-state index contributed by atoms with van der Waals surface area (Å²) in [6.45, 7) is 10.5. The van der Waals surface area contributed by atoms with Gasteiger partial charge in [-0.2, -0.15) is 0 Å². The standard InChI is InChI=1S/C11H23NOS/c1-6-9(4)12(10(5)7-2)11(13)14-8-3/h9-10H,6-8H2,1-5H3. The number of hydrogen-bond acceptors (Lipinski definition) is 2. The van der Waals surface area contributed by atoms with Crippen molar-refractivity contribution in [2.75, 3.05) is 5.75 Å². The maximum atomic E-state index is 11.8. The summed E-state index contributed by atoms with van der Waals surface area (Å²) in [5.41, 5.74) is 0. The average Bonchev–Trinajstić information content (AvgIpc) is 2.17. The van der Waals surface area contributed by atoms with Crippen LogP contribution >= 0.6 is 11.8 Å². The van der Waals surface area contributed by atoms with E-state index in [0.29, 0.717) is 12.1 Å². The largest absolute Gasteiger partial charge is 0.328 e. The molecule has 0 fully saturated rings. The van der Waals surface area contributed by atoms with E-state index in [0.717, 1.165) is 18.6 Å². The third-order valence-electron chi connectivity index (χ3n) is 2.61. The molecule has 0 rings (SSSR count). The predicted octanol–water partition coefficient (Wildman–Crippen LogP) is 3.76. The van der Waals surface area contributed by atoms with E-state index in [-0.39, 0.29) is 5.24 Å². The number of amides is 1. The lowest BCUT2D eigenvalue weighted by Gasteiger charge is -2.33. The summed E-state index contributed by atoms with van der Waals surface area (Å²) in [6, 6.07) is 0.716. The molecule has 2 nitrogen and oxygen atoms in total. The normalized spacial score (nSPS) is 14.9. The zero-order valence-corrected chi connectivity index (χ0v) is 10.9. The van der Waals surface area contributed by atoms with Gasteiger partial charge in [-0.05, 0) is 32.4 Å². The summed E-state index contributed by atoms with van der Waals surface area (Å²) in [6.07, 6.45) is 2.06. The van der Waals surface area contributed by atoms with Crippen molar-refractivity contribution >= 4 is 17.0 Å². The number of rotatable bonds is 5. The smallest absolute Gasteiger partial charge is 0.282 e. The lowest BCUT2D eigenvalue weighted by molar-refractivity contribution is 0.173. The Balaban J connectivity index is 4.45. The van der Waals surface area contributed by atoms with Crippen molar-refractivity contribution in [1.29, 1.82) is 0 Å². The summed E-state index contributed by atoms with van der Waals surface area (Å²) in [5.74, 6) is 0.863. The molecule has 3 heteroatoms. The fraction of sp³-hybridized carbons (Fsp3) is 0.909. The Bertz CT molecular complexity index is 163. The van der Waals surface area contributed by atoms with E-state index >= 15 is 0 Å². The van der Waals surface area contributed by atoms with Crippen LogP contribution in [0.25, 0.3) is 0 Å². The molecule has 0 aliphatic rings. The Hall–Kier alpha value is -0.180. The zero-order chi connectivity index (χ0) is 11.1. The van der Waals surface area contributed by atoms with Gasteiger partial charge in [-0.1, -0.05) is 32.5 Å². The molecule has 0 bridgehead atoms. The van der Waals surface area contributed by atoms with Crippen molar-refractivity contribution in [2.24, 2.45) is 0 Å². The summed E-state index contributed by atoms with van der Waals surface area (Å²) in [7, 11) is 0. The number of thioether (sulfide) groups is 1. The van der Waals surface area contributed by atoms with Gasteiger partial charge in [-0.15, -0.1) is 0 Å². The fourth-order valence-corrected chi connectivity index (χ4v) is 2.14. The van der Waals surface area contributed by atoms with Gasteiger partial charge in [0.25, 0.3) is 5.24 Å². The summed E-state index contributed by atoms with van der Waals surface area (Å²) in [4.78, 5) is 13.9. The van der Waals surface area contributed by atoms with E-state index in [9.17, 15) is 4.79 Å². The zero-order valence-electron chi connectivity index (χ0n) is 10.0. The molecule has 0 radical (unpaired) electrons. The van der Waals surface area contributed by atoms with Crippen molar-refractivity contribution in [3.05, 3.63) is 0 Å². The first-order chi connectivity index (χ1) is 6.58. The summed E-state index contributed by atoms with van der Waals surface area (Å²) in [5, 5.41) is 0.233. The van der Waals surface area contributed by atoms with E-state index in [1.54, 1.807) is 0 Å². The Morgan fingerprint density at radius 3 is 1.86 bits per heavy atom. The molecule has 0 spiro atoms. The summed E-state index contributed by atoms with van der Waals surface area (Å²) >= 11 is 1.41. The molecule has 0 aliphatic heterocycles. The molecule has 0 saturated heterocycles. The first-order valence-corrected chi connectivity index (χ1v) is 6.52. The van der Waals surface area contributed by atoms with Gasteiger partial charge in [0, 0.05) is 12.1 Å². The van der Waals surface area contributed by atoms with Gasteiger partial charge >= 0.3 is 0 Å². The fourth-order valence-electron chi connectivity index (χ4n) is 1.39.